The van der Waals surface area contributed by atoms with E-state index in [9.17, 15) is 9.59 Å². The second-order valence-corrected chi connectivity index (χ2v) is 8.90. The van der Waals surface area contributed by atoms with Gasteiger partial charge in [-0.1, -0.05) is 35.0 Å². The fourth-order valence-electron chi connectivity index (χ4n) is 3.66. The van der Waals surface area contributed by atoms with Crippen LogP contribution in [-0.4, -0.2) is 27.8 Å². The summed E-state index contributed by atoms with van der Waals surface area (Å²) in [5.41, 5.74) is 1.75. The standard InChI is InChI=1S/C23H24ClN3O3S/c24-17-8-9-19-20(13-17)26-23(27(22(19)29)14-18-7-4-12-30-18)31-15-21(28)25-11-10-16-5-2-1-3-6-16/h4-5,7-9,12-13H,1-3,6,10-11,14-15H2,(H,25,28). The van der Waals surface area contributed by atoms with Crippen molar-refractivity contribution in [2.75, 3.05) is 12.3 Å². The molecule has 3 aromatic rings. The molecule has 2 heterocycles. The van der Waals surface area contributed by atoms with Crippen LogP contribution in [0, 0.1) is 0 Å². The maximum Gasteiger partial charge on any atom is 0.262 e. The number of fused-ring (bicyclic) bond motifs is 1. The van der Waals surface area contributed by atoms with Crippen LogP contribution in [0.2, 0.25) is 5.02 Å². The summed E-state index contributed by atoms with van der Waals surface area (Å²) in [5, 5.41) is 4.42. The van der Waals surface area contributed by atoms with Gasteiger partial charge >= 0.3 is 0 Å². The van der Waals surface area contributed by atoms with Crippen LogP contribution in [0.1, 0.15) is 37.9 Å². The summed E-state index contributed by atoms with van der Waals surface area (Å²) in [6.07, 6.45) is 9.53. The van der Waals surface area contributed by atoms with Gasteiger partial charge in [-0.3, -0.25) is 14.2 Å². The van der Waals surface area contributed by atoms with Crippen molar-refractivity contribution >= 4 is 40.2 Å². The summed E-state index contributed by atoms with van der Waals surface area (Å²) in [5.74, 6) is 0.742. The Kier molecular flexibility index (Phi) is 7.14. The number of aromatic nitrogens is 2. The number of nitrogens with one attached hydrogen (secondary N) is 1. The largest absolute Gasteiger partial charge is 0.467 e. The first-order chi connectivity index (χ1) is 15.1. The Bertz CT molecular complexity index is 1150. The number of rotatable bonds is 8. The number of hydrogen-bond donors (Lipinski definition) is 1. The van der Waals surface area contributed by atoms with E-state index in [2.05, 4.69) is 16.4 Å². The minimum Gasteiger partial charge on any atom is -0.467 e. The molecule has 1 amide bonds. The van der Waals surface area contributed by atoms with Crippen LogP contribution in [0.3, 0.4) is 0 Å². The molecule has 8 heteroatoms. The van der Waals surface area contributed by atoms with Crippen molar-refractivity contribution in [3.8, 4) is 0 Å². The molecule has 1 aliphatic carbocycles. The van der Waals surface area contributed by atoms with E-state index in [0.717, 1.165) is 19.3 Å². The highest BCUT2D eigenvalue weighted by Gasteiger charge is 2.15. The Morgan fingerprint density at radius 3 is 2.97 bits per heavy atom. The second-order valence-electron chi connectivity index (χ2n) is 7.52. The summed E-state index contributed by atoms with van der Waals surface area (Å²) in [6, 6.07) is 8.59. The number of carbonyl (C=O) groups is 1. The molecule has 6 nitrogen and oxygen atoms in total. The van der Waals surface area contributed by atoms with Gasteiger partial charge in [-0.2, -0.15) is 0 Å². The molecule has 1 aromatic carbocycles. The summed E-state index contributed by atoms with van der Waals surface area (Å²) < 4.78 is 6.95. The van der Waals surface area contributed by atoms with Gasteiger partial charge in [-0.15, -0.1) is 0 Å². The topological polar surface area (TPSA) is 77.1 Å². The smallest absolute Gasteiger partial charge is 0.262 e. The lowest BCUT2D eigenvalue weighted by atomic mass is 9.97. The van der Waals surface area contributed by atoms with E-state index < -0.39 is 0 Å². The van der Waals surface area contributed by atoms with E-state index in [1.165, 1.54) is 30.2 Å². The third-order valence-electron chi connectivity index (χ3n) is 5.26. The highest BCUT2D eigenvalue weighted by molar-refractivity contribution is 7.99. The SMILES string of the molecule is O=C(CSc1nc2cc(Cl)ccc2c(=O)n1Cc1ccco1)NCCC1=CCCCC1. The summed E-state index contributed by atoms with van der Waals surface area (Å²) in [7, 11) is 0. The second kappa shape index (κ2) is 10.2. The lowest BCUT2D eigenvalue weighted by Crippen LogP contribution is -2.28. The minimum absolute atomic E-state index is 0.0774. The van der Waals surface area contributed by atoms with Crippen LogP contribution in [0.5, 0.6) is 0 Å². The molecular weight excluding hydrogens is 434 g/mol. The Labute approximate surface area is 189 Å². The van der Waals surface area contributed by atoms with Crippen LogP contribution >= 0.6 is 23.4 Å². The molecule has 162 valence electrons. The molecule has 0 saturated carbocycles. The zero-order valence-electron chi connectivity index (χ0n) is 17.1. The van der Waals surface area contributed by atoms with Gasteiger partial charge in [-0.05, 0) is 62.4 Å². The summed E-state index contributed by atoms with van der Waals surface area (Å²) in [4.78, 5) is 30.1. The molecule has 1 N–H and O–H groups in total. The maximum atomic E-state index is 13.1. The van der Waals surface area contributed by atoms with Crippen molar-refractivity contribution in [2.24, 2.45) is 0 Å². The van der Waals surface area contributed by atoms with Crippen molar-refractivity contribution in [1.29, 1.82) is 0 Å². The Hall–Kier alpha value is -2.51. The number of allylic oxidation sites excluding steroid dienone is 1. The molecular formula is C23H24ClN3O3S. The number of carbonyl (C=O) groups excluding carboxylic acids is 1. The zero-order valence-corrected chi connectivity index (χ0v) is 18.7. The van der Waals surface area contributed by atoms with Crippen LogP contribution < -0.4 is 10.9 Å². The van der Waals surface area contributed by atoms with E-state index in [1.807, 2.05) is 0 Å². The molecule has 0 bridgehead atoms. The molecule has 1 aliphatic rings. The number of thioether (sulfide) groups is 1. The van der Waals surface area contributed by atoms with E-state index >= 15 is 0 Å². The van der Waals surface area contributed by atoms with Gasteiger partial charge in [0.25, 0.3) is 5.56 Å². The first kappa shape index (κ1) is 21.7. The van der Waals surface area contributed by atoms with E-state index in [1.54, 1.807) is 41.2 Å². The Morgan fingerprint density at radius 1 is 1.29 bits per heavy atom. The predicted molar refractivity (Wildman–Crippen MR) is 124 cm³/mol. The molecule has 0 spiro atoms. The molecule has 0 saturated heterocycles. The fraction of sp³-hybridized carbons (Fsp3) is 0.348. The van der Waals surface area contributed by atoms with Gasteiger partial charge in [-0.25, -0.2) is 4.98 Å². The van der Waals surface area contributed by atoms with Crippen LogP contribution in [-0.2, 0) is 11.3 Å². The first-order valence-electron chi connectivity index (χ1n) is 10.4. The van der Waals surface area contributed by atoms with Gasteiger partial charge in [0.2, 0.25) is 5.91 Å². The Morgan fingerprint density at radius 2 is 2.19 bits per heavy atom. The molecule has 0 radical (unpaired) electrons. The summed E-state index contributed by atoms with van der Waals surface area (Å²) >= 11 is 7.33. The predicted octanol–water partition coefficient (Wildman–Crippen LogP) is 4.79. The number of halogens is 1. The van der Waals surface area contributed by atoms with Gasteiger partial charge in [0, 0.05) is 11.6 Å². The third kappa shape index (κ3) is 5.60. The summed E-state index contributed by atoms with van der Waals surface area (Å²) in [6.45, 7) is 0.876. The Balaban J connectivity index is 1.48. The van der Waals surface area contributed by atoms with E-state index in [4.69, 9.17) is 16.0 Å². The van der Waals surface area contributed by atoms with Crippen molar-refractivity contribution in [3.05, 3.63) is 69.4 Å². The number of nitrogens with zero attached hydrogens (tertiary/aromatic N) is 2. The molecule has 0 fully saturated rings. The number of furan rings is 1. The minimum atomic E-state index is -0.190. The maximum absolute atomic E-state index is 13.1. The van der Waals surface area contributed by atoms with Crippen molar-refractivity contribution in [1.82, 2.24) is 14.9 Å². The lowest BCUT2D eigenvalue weighted by Gasteiger charge is -2.14. The average molecular weight is 458 g/mol. The van der Waals surface area contributed by atoms with E-state index in [-0.39, 0.29) is 23.8 Å². The van der Waals surface area contributed by atoms with Gasteiger partial charge in [0.15, 0.2) is 5.16 Å². The van der Waals surface area contributed by atoms with E-state index in [0.29, 0.717) is 33.4 Å². The monoisotopic (exact) mass is 457 g/mol. The average Bonchev–Trinajstić information content (AvgIpc) is 3.28. The number of hydrogen-bond acceptors (Lipinski definition) is 5. The lowest BCUT2D eigenvalue weighted by molar-refractivity contribution is -0.118. The molecule has 0 aliphatic heterocycles. The molecule has 2 aromatic heterocycles. The van der Waals surface area contributed by atoms with Crippen molar-refractivity contribution in [2.45, 2.75) is 43.8 Å². The fourth-order valence-corrected chi connectivity index (χ4v) is 4.65. The van der Waals surface area contributed by atoms with Crippen LogP contribution in [0.15, 0.2) is 62.6 Å². The van der Waals surface area contributed by atoms with Crippen molar-refractivity contribution < 1.29 is 9.21 Å². The number of benzene rings is 1. The normalized spacial score (nSPS) is 13.9. The van der Waals surface area contributed by atoms with Gasteiger partial charge in [0.1, 0.15) is 5.76 Å². The third-order valence-corrected chi connectivity index (χ3v) is 6.47. The zero-order chi connectivity index (χ0) is 21.6. The van der Waals surface area contributed by atoms with Crippen molar-refractivity contribution in [3.63, 3.8) is 0 Å². The van der Waals surface area contributed by atoms with Gasteiger partial charge in [0.05, 0.1) is 29.5 Å². The molecule has 0 unspecified atom stereocenters. The highest BCUT2D eigenvalue weighted by atomic mass is 35.5. The number of amides is 1. The quantitative estimate of drug-likeness (QED) is 0.299. The van der Waals surface area contributed by atoms with Crippen LogP contribution in [0.25, 0.3) is 10.9 Å². The van der Waals surface area contributed by atoms with Crippen LogP contribution in [0.4, 0.5) is 0 Å². The molecule has 0 atom stereocenters. The molecule has 4 rings (SSSR count). The highest BCUT2D eigenvalue weighted by Crippen LogP contribution is 2.22. The first-order valence-corrected chi connectivity index (χ1v) is 11.8. The van der Waals surface area contributed by atoms with Gasteiger partial charge < -0.3 is 9.73 Å². The molecule has 31 heavy (non-hydrogen) atoms.